The normalized spacial score (nSPS) is 19.2. The average molecular weight is 672 g/mol. The van der Waals surface area contributed by atoms with Crippen molar-refractivity contribution >= 4 is 56.5 Å². The number of fused-ring (bicyclic) bond motifs is 1. The molecule has 6 rings (SSSR count). The van der Waals surface area contributed by atoms with Crippen molar-refractivity contribution in [3.63, 3.8) is 0 Å². The summed E-state index contributed by atoms with van der Waals surface area (Å²) in [5.74, 6) is 0.305. The van der Waals surface area contributed by atoms with Gasteiger partial charge in [0.1, 0.15) is 23.2 Å². The Labute approximate surface area is 269 Å². The molecule has 1 saturated heterocycles. The molecule has 3 N–H and O–H groups in total. The highest BCUT2D eigenvalue weighted by Gasteiger charge is 2.37. The topological polar surface area (TPSA) is 139 Å². The molecule has 2 aliphatic heterocycles. The lowest BCUT2D eigenvalue weighted by Gasteiger charge is -2.34. The van der Waals surface area contributed by atoms with E-state index in [1.807, 2.05) is 42.3 Å². The second-order valence-electron chi connectivity index (χ2n) is 12.1. The molecule has 1 unspecified atom stereocenters. The maximum absolute atomic E-state index is 13.4. The summed E-state index contributed by atoms with van der Waals surface area (Å²) in [5.41, 5.74) is 10.4. The standard InChI is InChI=1S/C33H35BrN8O3/c1-20(2)31(44)40-14-11-22(12-15-40)26-16-24(28-29(35)37-19-38-42(26)28)21-7-9-23(10-8-21)39-30(43)25-17-33(3,34)18-41(32(25)45)27-6-4-5-13-36-27/h4-10,13,16-17,19-20,22H,11-12,14-15,18H2,1-3H3,(H,39,43)(H2,35,37,38). The van der Waals surface area contributed by atoms with Gasteiger partial charge in [0.05, 0.1) is 4.32 Å². The number of nitrogens with one attached hydrogen (secondary N) is 1. The van der Waals surface area contributed by atoms with E-state index >= 15 is 0 Å². The molecular weight excluding hydrogens is 636 g/mol. The number of piperidine rings is 1. The Morgan fingerprint density at radius 2 is 1.82 bits per heavy atom. The number of hydrogen-bond acceptors (Lipinski definition) is 7. The number of rotatable bonds is 6. The lowest BCUT2D eigenvalue weighted by molar-refractivity contribution is -0.135. The Balaban J connectivity index is 1.23. The Hall–Kier alpha value is -4.58. The molecule has 4 aromatic rings. The van der Waals surface area contributed by atoms with E-state index in [4.69, 9.17) is 5.73 Å². The maximum atomic E-state index is 13.4. The number of nitrogens with zero attached hydrogens (tertiary/aromatic N) is 6. The lowest BCUT2D eigenvalue weighted by atomic mass is 9.92. The molecule has 0 bridgehead atoms. The minimum absolute atomic E-state index is 0.0201. The van der Waals surface area contributed by atoms with E-state index in [9.17, 15) is 14.4 Å². The number of carbonyl (C=O) groups excluding carboxylic acids is 3. The van der Waals surface area contributed by atoms with Crippen molar-refractivity contribution < 1.29 is 14.4 Å². The van der Waals surface area contributed by atoms with Crippen LogP contribution in [0.4, 0.5) is 17.3 Å². The molecule has 45 heavy (non-hydrogen) atoms. The minimum Gasteiger partial charge on any atom is -0.382 e. The molecule has 1 aromatic carbocycles. The number of benzene rings is 1. The summed E-state index contributed by atoms with van der Waals surface area (Å²) < 4.78 is 1.26. The molecule has 3 aromatic heterocycles. The van der Waals surface area contributed by atoms with Crippen LogP contribution < -0.4 is 16.0 Å². The molecule has 1 fully saturated rings. The van der Waals surface area contributed by atoms with Gasteiger partial charge >= 0.3 is 0 Å². The molecule has 11 nitrogen and oxygen atoms in total. The number of anilines is 3. The largest absolute Gasteiger partial charge is 0.382 e. The van der Waals surface area contributed by atoms with Crippen LogP contribution in [0.15, 0.2) is 72.7 Å². The Kier molecular flexibility index (Phi) is 8.17. The first-order chi connectivity index (χ1) is 21.5. The van der Waals surface area contributed by atoms with Crippen LogP contribution in [-0.2, 0) is 14.4 Å². The number of amides is 3. The Bertz CT molecular complexity index is 1790. The van der Waals surface area contributed by atoms with Gasteiger partial charge in [-0.1, -0.05) is 48.0 Å². The Morgan fingerprint density at radius 3 is 2.49 bits per heavy atom. The van der Waals surface area contributed by atoms with Gasteiger partial charge in [-0.15, -0.1) is 0 Å². The molecule has 0 aliphatic carbocycles. The van der Waals surface area contributed by atoms with E-state index in [0.29, 0.717) is 42.5 Å². The SMILES string of the molecule is CC(C)C(=O)N1CCC(c2cc(-c3ccc(NC(=O)C4=CC(C)(Br)CN(c5ccccn5)C4=O)cc3)c3c(N)ncnn23)CC1. The number of pyridine rings is 1. The predicted molar refractivity (Wildman–Crippen MR) is 177 cm³/mol. The van der Waals surface area contributed by atoms with E-state index in [2.05, 4.69) is 42.4 Å². The van der Waals surface area contributed by atoms with Crippen LogP contribution in [0.2, 0.25) is 0 Å². The van der Waals surface area contributed by atoms with E-state index < -0.39 is 16.1 Å². The summed E-state index contributed by atoms with van der Waals surface area (Å²) in [4.78, 5) is 51.2. The van der Waals surface area contributed by atoms with Gasteiger partial charge in [0, 0.05) is 54.6 Å². The third kappa shape index (κ3) is 6.06. The number of nitrogen functional groups attached to an aromatic ring is 1. The summed E-state index contributed by atoms with van der Waals surface area (Å²) in [5, 5.41) is 7.41. The summed E-state index contributed by atoms with van der Waals surface area (Å²) in [6.45, 7) is 7.50. The van der Waals surface area contributed by atoms with E-state index in [0.717, 1.165) is 29.7 Å². The van der Waals surface area contributed by atoms with Gasteiger partial charge < -0.3 is 16.0 Å². The second kappa shape index (κ2) is 12.1. The van der Waals surface area contributed by atoms with Crippen molar-refractivity contribution in [3.8, 4) is 11.1 Å². The molecule has 232 valence electrons. The van der Waals surface area contributed by atoms with Gasteiger partial charge in [-0.25, -0.2) is 14.5 Å². The fraction of sp³-hybridized carbons (Fsp3) is 0.333. The van der Waals surface area contributed by atoms with Crippen LogP contribution >= 0.6 is 15.9 Å². The number of alkyl halides is 1. The molecule has 0 saturated carbocycles. The highest BCUT2D eigenvalue weighted by atomic mass is 79.9. The zero-order valence-electron chi connectivity index (χ0n) is 25.4. The molecular formula is C33H35BrN8O3. The third-order valence-electron chi connectivity index (χ3n) is 8.34. The fourth-order valence-corrected chi connectivity index (χ4v) is 6.57. The summed E-state index contributed by atoms with van der Waals surface area (Å²) in [6.07, 6.45) is 6.39. The van der Waals surface area contributed by atoms with Gasteiger partial charge in [0.15, 0.2) is 5.82 Å². The number of nitrogens with two attached hydrogens (primary N) is 1. The first-order valence-corrected chi connectivity index (χ1v) is 15.8. The van der Waals surface area contributed by atoms with E-state index in [-0.39, 0.29) is 23.3 Å². The van der Waals surface area contributed by atoms with Crippen molar-refractivity contribution in [2.75, 3.05) is 35.6 Å². The minimum atomic E-state index is -0.605. The third-order valence-corrected chi connectivity index (χ3v) is 8.82. The molecule has 1 atom stereocenters. The van der Waals surface area contributed by atoms with Crippen LogP contribution in [0, 0.1) is 5.92 Å². The van der Waals surface area contributed by atoms with Crippen molar-refractivity contribution in [2.24, 2.45) is 5.92 Å². The van der Waals surface area contributed by atoms with Gasteiger partial charge in [0.25, 0.3) is 11.8 Å². The number of halogens is 1. The molecule has 2 aliphatic rings. The quantitative estimate of drug-likeness (QED) is 0.222. The molecule has 5 heterocycles. The Morgan fingerprint density at radius 1 is 1.09 bits per heavy atom. The molecule has 3 amide bonds. The smallest absolute Gasteiger partial charge is 0.264 e. The first-order valence-electron chi connectivity index (χ1n) is 15.0. The van der Waals surface area contributed by atoms with Crippen molar-refractivity contribution in [2.45, 2.75) is 43.9 Å². The number of likely N-dealkylation sites (tertiary alicyclic amines) is 1. The van der Waals surface area contributed by atoms with Crippen LogP contribution in [0.3, 0.4) is 0 Å². The fourth-order valence-electron chi connectivity index (χ4n) is 6.09. The van der Waals surface area contributed by atoms with Crippen LogP contribution in [0.5, 0.6) is 0 Å². The van der Waals surface area contributed by atoms with Gasteiger partial charge in [-0.05, 0) is 61.7 Å². The van der Waals surface area contributed by atoms with Crippen molar-refractivity contribution in [1.82, 2.24) is 24.5 Å². The number of aromatic nitrogens is 4. The van der Waals surface area contributed by atoms with Crippen LogP contribution in [0.1, 0.15) is 45.2 Å². The van der Waals surface area contributed by atoms with Gasteiger partial charge in [-0.2, -0.15) is 5.10 Å². The summed E-state index contributed by atoms with van der Waals surface area (Å²) in [6, 6.07) is 14.8. The van der Waals surface area contributed by atoms with Gasteiger partial charge in [-0.3, -0.25) is 19.3 Å². The van der Waals surface area contributed by atoms with Crippen molar-refractivity contribution in [3.05, 3.63) is 78.4 Å². The van der Waals surface area contributed by atoms with Crippen molar-refractivity contribution in [1.29, 1.82) is 0 Å². The maximum Gasteiger partial charge on any atom is 0.264 e. The lowest BCUT2D eigenvalue weighted by Crippen LogP contribution is -2.47. The van der Waals surface area contributed by atoms with Gasteiger partial charge in [0.2, 0.25) is 5.91 Å². The summed E-state index contributed by atoms with van der Waals surface area (Å²) >= 11 is 3.64. The zero-order valence-corrected chi connectivity index (χ0v) is 27.0. The number of hydrogen-bond donors (Lipinski definition) is 2. The van der Waals surface area contributed by atoms with Crippen LogP contribution in [-0.4, -0.2) is 66.2 Å². The highest BCUT2D eigenvalue weighted by molar-refractivity contribution is 9.10. The molecule has 12 heteroatoms. The molecule has 0 spiro atoms. The molecule has 0 radical (unpaired) electrons. The monoisotopic (exact) mass is 670 g/mol. The van der Waals surface area contributed by atoms with Crippen LogP contribution in [0.25, 0.3) is 16.6 Å². The number of carbonyl (C=O) groups is 3. The van der Waals surface area contributed by atoms with E-state index in [1.165, 1.54) is 11.2 Å². The van der Waals surface area contributed by atoms with E-state index in [1.54, 1.807) is 42.6 Å². The average Bonchev–Trinajstić information content (AvgIpc) is 3.43. The first kappa shape index (κ1) is 30.4. The second-order valence-corrected chi connectivity index (χ2v) is 13.9. The highest BCUT2D eigenvalue weighted by Crippen LogP contribution is 2.37. The summed E-state index contributed by atoms with van der Waals surface area (Å²) in [7, 11) is 0. The zero-order chi connectivity index (χ0) is 31.9. The predicted octanol–water partition coefficient (Wildman–Crippen LogP) is 4.80.